The molecule has 2 saturated heterocycles. The van der Waals surface area contributed by atoms with Crippen LogP contribution in [0.3, 0.4) is 0 Å². The fraction of sp³-hybridized carbons (Fsp3) is 0.944. The number of morpholine rings is 1. The highest BCUT2D eigenvalue weighted by Crippen LogP contribution is 2.87. The van der Waals surface area contributed by atoms with Gasteiger partial charge in [0.1, 0.15) is 0 Å². The predicted octanol–water partition coefficient (Wildman–Crippen LogP) is 4.34. The Labute approximate surface area is 268 Å². The van der Waals surface area contributed by atoms with Gasteiger partial charge in [-0.15, -0.1) is 0 Å². The van der Waals surface area contributed by atoms with Crippen LogP contribution < -0.4 is 5.73 Å². The third kappa shape index (κ3) is 4.21. The van der Waals surface area contributed by atoms with Crippen molar-refractivity contribution >= 4 is 11.9 Å². The van der Waals surface area contributed by atoms with Crippen LogP contribution >= 0.6 is 0 Å². The zero-order valence-electron chi connectivity index (χ0n) is 27.8. The van der Waals surface area contributed by atoms with Gasteiger partial charge in [0.25, 0.3) is 0 Å². The molecular weight excluding hydrogens is 572 g/mol. The molecule has 13 unspecified atom stereocenters. The minimum atomic E-state index is -0.849. The molecule has 4 N–H and O–H groups in total. The average molecular weight is 629 g/mol. The topological polar surface area (TPSA) is 132 Å². The number of carbonyl (C=O) groups excluding carboxylic acids is 1. The molecule has 9 heteroatoms. The van der Waals surface area contributed by atoms with Crippen LogP contribution in [0, 0.1) is 51.2 Å². The lowest BCUT2D eigenvalue weighted by Gasteiger charge is -2.63. The van der Waals surface area contributed by atoms with Crippen molar-refractivity contribution in [2.24, 2.45) is 57.0 Å². The Morgan fingerprint density at radius 2 is 1.73 bits per heavy atom. The lowest BCUT2D eigenvalue weighted by Crippen LogP contribution is -2.70. The van der Waals surface area contributed by atoms with Crippen LogP contribution in [0.15, 0.2) is 0 Å². The van der Waals surface area contributed by atoms with Crippen molar-refractivity contribution in [3.05, 3.63) is 0 Å². The van der Waals surface area contributed by atoms with Gasteiger partial charge >= 0.3 is 5.97 Å². The molecule has 8 rings (SSSR count). The summed E-state index contributed by atoms with van der Waals surface area (Å²) < 4.78 is 19.3. The smallest absolute Gasteiger partial charge is 0.305 e. The number of rotatable bonds is 6. The minimum Gasteiger partial charge on any atom is -0.481 e. The Balaban J connectivity index is 1.01. The van der Waals surface area contributed by atoms with E-state index in [-0.39, 0.29) is 70.2 Å². The lowest BCUT2D eigenvalue weighted by molar-refractivity contribution is -0.245. The van der Waals surface area contributed by atoms with Crippen molar-refractivity contribution in [1.29, 1.82) is 0 Å². The van der Waals surface area contributed by atoms with Crippen LogP contribution in [0.4, 0.5) is 0 Å². The molecule has 8 fully saturated rings. The van der Waals surface area contributed by atoms with Gasteiger partial charge in [0.2, 0.25) is 5.91 Å². The van der Waals surface area contributed by atoms with Crippen LogP contribution in [0.1, 0.15) is 105 Å². The number of aliphatic carboxylic acids is 1. The standard InChI is InChI=1S/C36H56N2O7/c1-20-15-22(17-27(40)41)44-30-29(20)33(4)11-12-35-19-34(35)10-9-25(32(2,3)23(34)7-8-24(35)36(33,37)31(30)42)45-28-18-38(13-14-43-28)26(39)16-21-5-6-21/h20-25,28-31,42H,5-19,37H2,1-4H3,(H,40,41). The van der Waals surface area contributed by atoms with Gasteiger partial charge in [0.05, 0.1) is 49.5 Å². The molecule has 2 spiro atoms. The summed E-state index contributed by atoms with van der Waals surface area (Å²) in [5.74, 6) is 1.12. The van der Waals surface area contributed by atoms with Crippen molar-refractivity contribution in [2.75, 3.05) is 19.7 Å². The van der Waals surface area contributed by atoms with Gasteiger partial charge in [-0.3, -0.25) is 9.59 Å². The van der Waals surface area contributed by atoms with Gasteiger partial charge in [0.15, 0.2) is 6.29 Å². The van der Waals surface area contributed by atoms with E-state index in [0.29, 0.717) is 44.4 Å². The highest BCUT2D eigenvalue weighted by Gasteiger charge is 2.85. The van der Waals surface area contributed by atoms with Gasteiger partial charge < -0.3 is 35.1 Å². The van der Waals surface area contributed by atoms with Crippen LogP contribution in [0.2, 0.25) is 0 Å². The van der Waals surface area contributed by atoms with E-state index in [9.17, 15) is 19.8 Å². The molecule has 252 valence electrons. The third-order valence-corrected chi connectivity index (χ3v) is 15.6. The minimum absolute atomic E-state index is 0.0221. The molecule has 6 aliphatic carbocycles. The van der Waals surface area contributed by atoms with E-state index in [1.807, 2.05) is 4.90 Å². The number of hydrogen-bond donors (Lipinski definition) is 3. The first-order chi connectivity index (χ1) is 21.3. The number of aliphatic hydroxyl groups is 1. The van der Waals surface area contributed by atoms with Crippen molar-refractivity contribution in [3.8, 4) is 0 Å². The number of carboxylic acid groups (broad SMARTS) is 1. The highest BCUT2D eigenvalue weighted by atomic mass is 16.7. The second-order valence-corrected chi connectivity index (χ2v) is 17.8. The van der Waals surface area contributed by atoms with Gasteiger partial charge in [-0.2, -0.15) is 0 Å². The van der Waals surface area contributed by atoms with E-state index in [0.717, 1.165) is 38.5 Å². The van der Waals surface area contributed by atoms with Crippen LogP contribution in [0.5, 0.6) is 0 Å². The zero-order valence-corrected chi connectivity index (χ0v) is 27.8. The Morgan fingerprint density at radius 3 is 2.47 bits per heavy atom. The quantitative estimate of drug-likeness (QED) is 0.396. The summed E-state index contributed by atoms with van der Waals surface area (Å²) in [6, 6.07) is 0. The summed E-state index contributed by atoms with van der Waals surface area (Å²) in [5, 5.41) is 21.6. The first-order valence-electron chi connectivity index (χ1n) is 18.2. The van der Waals surface area contributed by atoms with E-state index in [1.54, 1.807) is 0 Å². The lowest BCUT2D eigenvalue weighted by atomic mass is 9.43. The maximum atomic E-state index is 12.8. The maximum absolute atomic E-state index is 12.8. The third-order valence-electron chi connectivity index (χ3n) is 15.6. The van der Waals surface area contributed by atoms with Crippen LogP contribution in [-0.2, 0) is 23.8 Å². The SMILES string of the molecule is CC1CC(CC(=O)O)OC2C1C1(C)CCC34CC35CCC(OC3CN(C(=O)CC6CC6)CCO3)C(C)(C)C5CCC4C1(N)C2O. The van der Waals surface area contributed by atoms with Gasteiger partial charge in [0, 0.05) is 13.0 Å². The van der Waals surface area contributed by atoms with Gasteiger partial charge in [-0.1, -0.05) is 27.7 Å². The maximum Gasteiger partial charge on any atom is 0.305 e. The van der Waals surface area contributed by atoms with Crippen molar-refractivity contribution in [2.45, 2.75) is 141 Å². The summed E-state index contributed by atoms with van der Waals surface area (Å²) in [6.45, 7) is 11.1. The summed E-state index contributed by atoms with van der Waals surface area (Å²) in [6.07, 6.45) is 9.37. The van der Waals surface area contributed by atoms with E-state index < -0.39 is 23.7 Å². The van der Waals surface area contributed by atoms with Crippen molar-refractivity contribution in [3.63, 3.8) is 0 Å². The normalized spacial score (nSPS) is 52.9. The first kappa shape index (κ1) is 31.0. The fourth-order valence-corrected chi connectivity index (χ4v) is 13.4. The number of hydrogen-bond acceptors (Lipinski definition) is 7. The Bertz CT molecular complexity index is 1240. The predicted molar refractivity (Wildman–Crippen MR) is 166 cm³/mol. The average Bonchev–Trinajstić information content (AvgIpc) is 3.89. The summed E-state index contributed by atoms with van der Waals surface area (Å²) in [7, 11) is 0. The van der Waals surface area contributed by atoms with E-state index in [1.165, 1.54) is 19.3 Å². The fourth-order valence-electron chi connectivity index (χ4n) is 13.4. The number of aliphatic hydroxyl groups excluding tert-OH is 1. The molecule has 9 nitrogen and oxygen atoms in total. The number of fused-ring (bicyclic) bond motifs is 4. The molecule has 2 aliphatic heterocycles. The summed E-state index contributed by atoms with van der Waals surface area (Å²) in [4.78, 5) is 26.4. The Hall–Kier alpha value is -1.26. The van der Waals surface area contributed by atoms with E-state index in [2.05, 4.69) is 27.7 Å². The second-order valence-electron chi connectivity index (χ2n) is 17.8. The molecule has 1 amide bonds. The Kier molecular flexibility index (Phi) is 6.99. The molecule has 0 radical (unpaired) electrons. The molecule has 0 aromatic carbocycles. The van der Waals surface area contributed by atoms with Gasteiger partial charge in [-0.05, 0) is 115 Å². The van der Waals surface area contributed by atoms with Crippen molar-refractivity contribution < 1.29 is 34.0 Å². The summed E-state index contributed by atoms with van der Waals surface area (Å²) >= 11 is 0. The second kappa shape index (κ2) is 10.1. The van der Waals surface area contributed by atoms with Crippen LogP contribution in [0.25, 0.3) is 0 Å². The molecule has 13 atom stereocenters. The molecule has 45 heavy (non-hydrogen) atoms. The summed E-state index contributed by atoms with van der Waals surface area (Å²) in [5.41, 5.74) is 7.00. The van der Waals surface area contributed by atoms with Crippen molar-refractivity contribution in [1.82, 2.24) is 4.90 Å². The number of amides is 1. The molecule has 0 aromatic rings. The highest BCUT2D eigenvalue weighted by molar-refractivity contribution is 5.76. The molecule has 0 aromatic heterocycles. The molecule has 8 aliphatic rings. The van der Waals surface area contributed by atoms with Crippen LogP contribution in [-0.4, -0.2) is 82.9 Å². The zero-order chi connectivity index (χ0) is 31.7. The number of nitrogens with two attached hydrogens (primary N) is 1. The Morgan fingerprint density at radius 1 is 1.00 bits per heavy atom. The number of ether oxygens (including phenoxy) is 3. The monoisotopic (exact) mass is 628 g/mol. The first-order valence-corrected chi connectivity index (χ1v) is 18.2. The van der Waals surface area contributed by atoms with E-state index >= 15 is 0 Å². The number of carboxylic acids is 1. The largest absolute Gasteiger partial charge is 0.481 e. The number of nitrogens with zero attached hydrogens (tertiary/aromatic N) is 1. The van der Waals surface area contributed by atoms with E-state index in [4.69, 9.17) is 19.9 Å². The number of carbonyl (C=O) groups is 2. The molecule has 0 bridgehead atoms. The molecule has 6 saturated carbocycles. The molecule has 2 heterocycles. The van der Waals surface area contributed by atoms with Gasteiger partial charge in [-0.25, -0.2) is 0 Å². The molecular formula is C36H56N2O7.